The standard InChI is InChI=1S/C22H24Br2N2O6/c1-3-31-12-6-4-11(5-7-12)25-15(27)9-32-22(30)10(2)26-20(28)16-13-8-14(17(16)21(26)29)19(24)18(13)23/h4-7,10,13-14,16-19H,3,8-9H2,1-2H3,(H,25,27)/t10-,13+,14+,16+,17+,18-,19-/m0/s1. The number of ether oxygens (including phenoxy) is 2. The average molecular weight is 572 g/mol. The number of anilines is 1. The lowest BCUT2D eigenvalue weighted by Gasteiger charge is -2.28. The van der Waals surface area contributed by atoms with Gasteiger partial charge in [0.2, 0.25) is 11.8 Å². The van der Waals surface area contributed by atoms with E-state index >= 15 is 0 Å². The highest BCUT2D eigenvalue weighted by atomic mass is 79.9. The highest BCUT2D eigenvalue weighted by molar-refractivity contribution is 9.12. The molecule has 2 aliphatic carbocycles. The monoisotopic (exact) mass is 570 g/mol. The van der Waals surface area contributed by atoms with Gasteiger partial charge in [-0.2, -0.15) is 0 Å². The van der Waals surface area contributed by atoms with Crippen LogP contribution in [-0.4, -0.2) is 57.5 Å². The predicted molar refractivity (Wildman–Crippen MR) is 123 cm³/mol. The van der Waals surface area contributed by atoms with Crippen LogP contribution in [0.25, 0.3) is 0 Å². The van der Waals surface area contributed by atoms with Crippen molar-refractivity contribution in [2.45, 2.75) is 36.0 Å². The molecule has 0 unspecified atom stereocenters. The molecule has 0 radical (unpaired) electrons. The second-order valence-electron chi connectivity index (χ2n) is 8.34. The van der Waals surface area contributed by atoms with Gasteiger partial charge in [-0.15, -0.1) is 0 Å². The molecule has 10 heteroatoms. The zero-order valence-electron chi connectivity index (χ0n) is 17.6. The third-order valence-electron chi connectivity index (χ3n) is 6.54. The van der Waals surface area contributed by atoms with Crippen LogP contribution in [-0.2, 0) is 23.9 Å². The second-order valence-corrected chi connectivity index (χ2v) is 10.5. The molecule has 3 amide bonds. The molecule has 8 nitrogen and oxygen atoms in total. The summed E-state index contributed by atoms with van der Waals surface area (Å²) in [6.45, 7) is 3.36. The van der Waals surface area contributed by atoms with Crippen LogP contribution in [0.5, 0.6) is 5.75 Å². The van der Waals surface area contributed by atoms with Crippen LogP contribution in [0, 0.1) is 23.7 Å². The van der Waals surface area contributed by atoms with Crippen LogP contribution in [0.2, 0.25) is 0 Å². The van der Waals surface area contributed by atoms with Crippen molar-refractivity contribution in [2.75, 3.05) is 18.5 Å². The Labute approximate surface area is 202 Å². The molecule has 32 heavy (non-hydrogen) atoms. The molecule has 0 aromatic heterocycles. The number of nitrogens with zero attached hydrogens (tertiary/aromatic N) is 1. The Balaban J connectivity index is 1.32. The lowest BCUT2D eigenvalue weighted by molar-refractivity contribution is -0.159. The molecule has 2 saturated carbocycles. The van der Waals surface area contributed by atoms with Gasteiger partial charge in [0.05, 0.1) is 18.4 Å². The maximum absolute atomic E-state index is 13.0. The minimum atomic E-state index is -1.08. The first kappa shape index (κ1) is 23.2. The molecule has 4 rings (SSSR count). The summed E-state index contributed by atoms with van der Waals surface area (Å²) in [5.74, 6) is -1.93. The van der Waals surface area contributed by atoms with Gasteiger partial charge in [-0.25, -0.2) is 4.79 Å². The summed E-state index contributed by atoms with van der Waals surface area (Å²) >= 11 is 7.28. The van der Waals surface area contributed by atoms with Crippen molar-refractivity contribution in [1.82, 2.24) is 4.90 Å². The maximum atomic E-state index is 13.0. The lowest BCUT2D eigenvalue weighted by Crippen LogP contribution is -2.45. The van der Waals surface area contributed by atoms with Gasteiger partial charge in [0.1, 0.15) is 11.8 Å². The van der Waals surface area contributed by atoms with Gasteiger partial charge in [-0.3, -0.25) is 19.3 Å². The molecule has 3 aliphatic rings. The number of esters is 1. The number of fused-ring (bicyclic) bond motifs is 5. The molecule has 0 spiro atoms. The molecule has 1 aromatic rings. The number of halogens is 2. The van der Waals surface area contributed by atoms with Crippen molar-refractivity contribution < 1.29 is 28.7 Å². The molecule has 2 bridgehead atoms. The van der Waals surface area contributed by atoms with Gasteiger partial charge in [0.25, 0.3) is 5.91 Å². The Kier molecular flexibility index (Phi) is 6.63. The van der Waals surface area contributed by atoms with E-state index in [1.807, 2.05) is 6.92 Å². The van der Waals surface area contributed by atoms with Crippen molar-refractivity contribution in [3.05, 3.63) is 24.3 Å². The molecular weight excluding hydrogens is 548 g/mol. The van der Waals surface area contributed by atoms with Gasteiger partial charge in [-0.05, 0) is 56.4 Å². The molecule has 3 fully saturated rings. The summed E-state index contributed by atoms with van der Waals surface area (Å²) in [5, 5.41) is 2.62. The summed E-state index contributed by atoms with van der Waals surface area (Å²) in [4.78, 5) is 52.0. The average Bonchev–Trinajstić information content (AvgIpc) is 3.38. The van der Waals surface area contributed by atoms with Crippen LogP contribution < -0.4 is 10.1 Å². The van der Waals surface area contributed by atoms with E-state index in [0.717, 1.165) is 11.3 Å². The minimum Gasteiger partial charge on any atom is -0.494 e. The van der Waals surface area contributed by atoms with E-state index in [4.69, 9.17) is 9.47 Å². The summed E-state index contributed by atoms with van der Waals surface area (Å²) < 4.78 is 10.4. The van der Waals surface area contributed by atoms with Gasteiger partial charge >= 0.3 is 5.97 Å². The Morgan fingerprint density at radius 2 is 1.66 bits per heavy atom. The second kappa shape index (κ2) is 9.13. The number of hydrogen-bond acceptors (Lipinski definition) is 6. The fourth-order valence-electron chi connectivity index (χ4n) is 5.11. The Morgan fingerprint density at radius 3 is 2.19 bits per heavy atom. The third-order valence-corrected chi connectivity index (χ3v) is 9.75. The van der Waals surface area contributed by atoms with Gasteiger partial charge in [0, 0.05) is 15.3 Å². The van der Waals surface area contributed by atoms with E-state index in [1.165, 1.54) is 6.92 Å². The van der Waals surface area contributed by atoms with Crippen molar-refractivity contribution in [3.8, 4) is 5.75 Å². The Hall–Kier alpha value is -1.94. The van der Waals surface area contributed by atoms with E-state index in [-0.39, 0.29) is 33.3 Å². The summed E-state index contributed by atoms with van der Waals surface area (Å²) in [6.07, 6.45) is 0.817. The first-order chi connectivity index (χ1) is 15.2. The Bertz CT molecular complexity index is 907. The number of imide groups is 1. The van der Waals surface area contributed by atoms with Crippen LogP contribution in [0.3, 0.4) is 0 Å². The number of carbonyl (C=O) groups is 4. The van der Waals surface area contributed by atoms with Crippen molar-refractivity contribution >= 4 is 61.2 Å². The largest absolute Gasteiger partial charge is 0.494 e. The fourth-order valence-corrected chi connectivity index (χ4v) is 6.99. The highest BCUT2D eigenvalue weighted by Gasteiger charge is 2.67. The zero-order valence-corrected chi connectivity index (χ0v) is 20.8. The van der Waals surface area contributed by atoms with E-state index in [0.29, 0.717) is 18.0 Å². The lowest BCUT2D eigenvalue weighted by atomic mass is 9.81. The van der Waals surface area contributed by atoms with Crippen LogP contribution >= 0.6 is 31.9 Å². The van der Waals surface area contributed by atoms with E-state index in [1.54, 1.807) is 24.3 Å². The number of hydrogen-bond donors (Lipinski definition) is 1. The molecule has 1 aromatic carbocycles. The maximum Gasteiger partial charge on any atom is 0.329 e. The number of nitrogens with one attached hydrogen (secondary N) is 1. The van der Waals surface area contributed by atoms with Crippen LogP contribution in [0.1, 0.15) is 20.3 Å². The van der Waals surface area contributed by atoms with Crippen LogP contribution in [0.4, 0.5) is 5.69 Å². The SMILES string of the molecule is CCOc1ccc(NC(=O)COC(=O)[C@H](C)N2C(=O)[C@@H]3[C@H]4C[C@@H]([C@H](Br)[C@H]4Br)[C@H]3C2=O)cc1. The molecule has 1 N–H and O–H groups in total. The summed E-state index contributed by atoms with van der Waals surface area (Å²) in [7, 11) is 0. The molecule has 1 aliphatic heterocycles. The normalized spacial score (nSPS) is 31.4. The number of benzene rings is 1. The van der Waals surface area contributed by atoms with E-state index in [9.17, 15) is 19.2 Å². The first-order valence-electron chi connectivity index (χ1n) is 10.6. The molecule has 172 valence electrons. The topological polar surface area (TPSA) is 102 Å². The smallest absolute Gasteiger partial charge is 0.329 e. The first-order valence-corrected chi connectivity index (χ1v) is 12.4. The van der Waals surface area contributed by atoms with Crippen molar-refractivity contribution in [3.63, 3.8) is 0 Å². The number of carbonyl (C=O) groups excluding carboxylic acids is 4. The molecular formula is C22H24Br2N2O6. The summed E-state index contributed by atoms with van der Waals surface area (Å²) in [5.41, 5.74) is 0.532. The third kappa shape index (κ3) is 3.96. The Morgan fingerprint density at radius 1 is 1.09 bits per heavy atom. The van der Waals surface area contributed by atoms with Gasteiger partial charge in [-0.1, -0.05) is 31.9 Å². The molecule has 7 atom stereocenters. The quantitative estimate of drug-likeness (QED) is 0.307. The van der Waals surface area contributed by atoms with Crippen molar-refractivity contribution in [1.29, 1.82) is 0 Å². The van der Waals surface area contributed by atoms with Gasteiger partial charge < -0.3 is 14.8 Å². The predicted octanol–water partition coefficient (Wildman–Crippen LogP) is 2.73. The van der Waals surface area contributed by atoms with Gasteiger partial charge in [0.15, 0.2) is 6.61 Å². The number of alkyl halides is 2. The van der Waals surface area contributed by atoms with Crippen molar-refractivity contribution in [2.24, 2.45) is 23.7 Å². The minimum absolute atomic E-state index is 0.0685. The molecule has 1 saturated heterocycles. The number of rotatable bonds is 7. The fraction of sp³-hybridized carbons (Fsp3) is 0.545. The van der Waals surface area contributed by atoms with E-state index in [2.05, 4.69) is 37.2 Å². The van der Waals surface area contributed by atoms with Crippen LogP contribution in [0.15, 0.2) is 24.3 Å². The zero-order chi connectivity index (χ0) is 23.2. The number of likely N-dealkylation sites (tertiary alicyclic amines) is 1. The molecule has 1 heterocycles. The number of amides is 3. The highest BCUT2D eigenvalue weighted by Crippen LogP contribution is 2.60. The summed E-state index contributed by atoms with van der Waals surface area (Å²) in [6, 6.07) is 5.71. The van der Waals surface area contributed by atoms with E-state index < -0.39 is 36.4 Å².